The average molecular weight is 343 g/mol. The Balaban J connectivity index is 2.11. The maximum absolute atomic E-state index is 12.2. The molecule has 0 N–H and O–H groups in total. The first-order valence-corrected chi connectivity index (χ1v) is 8.02. The third-order valence-electron chi connectivity index (χ3n) is 2.79. The van der Waals surface area contributed by atoms with Gasteiger partial charge in [-0.15, -0.1) is 0 Å². The molecule has 102 valence electrons. The molecule has 0 unspecified atom stereocenters. The molecule has 0 aliphatic heterocycles. The van der Waals surface area contributed by atoms with Gasteiger partial charge in [0.15, 0.2) is 0 Å². The molecular weight excluding hydrogens is 328 g/mol. The second-order valence-electron chi connectivity index (χ2n) is 4.13. The van der Waals surface area contributed by atoms with E-state index in [1.165, 1.54) is 0 Å². The standard InChI is InChI=1S/C13H15BrN2O2S/c1-16-12(5-6-15-16)9-19(17)8-10-7-11(14)3-4-13(10)18-2/h3-7H,8-9H2,1-2H3/t19-/m1/s1. The molecule has 0 saturated carbocycles. The lowest BCUT2D eigenvalue weighted by molar-refractivity contribution is 0.411. The highest BCUT2D eigenvalue weighted by atomic mass is 79.9. The largest absolute Gasteiger partial charge is 0.496 e. The fourth-order valence-electron chi connectivity index (χ4n) is 1.79. The highest BCUT2D eigenvalue weighted by Crippen LogP contribution is 2.24. The summed E-state index contributed by atoms with van der Waals surface area (Å²) in [6.45, 7) is 0. The number of hydrogen-bond donors (Lipinski definition) is 0. The van der Waals surface area contributed by atoms with Gasteiger partial charge in [-0.05, 0) is 24.3 Å². The summed E-state index contributed by atoms with van der Waals surface area (Å²) >= 11 is 3.42. The Bertz CT molecular complexity index is 598. The van der Waals surface area contributed by atoms with Crippen LogP contribution in [-0.2, 0) is 29.4 Å². The molecule has 1 atom stereocenters. The van der Waals surface area contributed by atoms with Crippen LogP contribution in [0.1, 0.15) is 11.3 Å². The highest BCUT2D eigenvalue weighted by molar-refractivity contribution is 9.10. The zero-order chi connectivity index (χ0) is 13.8. The Hall–Kier alpha value is -1.14. The Morgan fingerprint density at radius 3 is 2.79 bits per heavy atom. The van der Waals surface area contributed by atoms with Crippen LogP contribution < -0.4 is 4.74 Å². The van der Waals surface area contributed by atoms with Crippen molar-refractivity contribution in [3.8, 4) is 5.75 Å². The summed E-state index contributed by atoms with van der Waals surface area (Å²) in [5, 5.41) is 4.07. The zero-order valence-electron chi connectivity index (χ0n) is 10.8. The molecule has 0 bridgehead atoms. The van der Waals surface area contributed by atoms with Gasteiger partial charge in [-0.2, -0.15) is 5.10 Å². The normalized spacial score (nSPS) is 12.4. The quantitative estimate of drug-likeness (QED) is 0.838. The van der Waals surface area contributed by atoms with E-state index in [1.807, 2.05) is 31.3 Å². The van der Waals surface area contributed by atoms with Crippen molar-refractivity contribution in [3.63, 3.8) is 0 Å². The SMILES string of the molecule is COc1ccc(Br)cc1C[S@@](=O)Cc1ccnn1C. The molecule has 2 rings (SSSR count). The smallest absolute Gasteiger partial charge is 0.123 e. The van der Waals surface area contributed by atoms with Gasteiger partial charge in [-0.1, -0.05) is 15.9 Å². The van der Waals surface area contributed by atoms with Crippen LogP contribution in [0.3, 0.4) is 0 Å². The van der Waals surface area contributed by atoms with E-state index in [-0.39, 0.29) is 0 Å². The summed E-state index contributed by atoms with van der Waals surface area (Å²) in [6, 6.07) is 7.61. The molecular formula is C13H15BrN2O2S. The average Bonchev–Trinajstić information content (AvgIpc) is 2.75. The minimum Gasteiger partial charge on any atom is -0.496 e. The van der Waals surface area contributed by atoms with Crippen molar-refractivity contribution in [3.05, 3.63) is 46.2 Å². The number of rotatable bonds is 5. The lowest BCUT2D eigenvalue weighted by atomic mass is 10.2. The molecule has 0 saturated heterocycles. The van der Waals surface area contributed by atoms with E-state index in [2.05, 4.69) is 21.0 Å². The van der Waals surface area contributed by atoms with Gasteiger partial charge in [-0.25, -0.2) is 0 Å². The molecule has 4 nitrogen and oxygen atoms in total. The Labute approximate surface area is 123 Å². The molecule has 0 fully saturated rings. The van der Waals surface area contributed by atoms with E-state index < -0.39 is 10.8 Å². The monoisotopic (exact) mass is 342 g/mol. The summed E-state index contributed by atoms with van der Waals surface area (Å²) in [5.74, 6) is 1.72. The van der Waals surface area contributed by atoms with Crippen LogP contribution in [0.5, 0.6) is 5.75 Å². The summed E-state index contributed by atoms with van der Waals surface area (Å²) in [4.78, 5) is 0. The van der Waals surface area contributed by atoms with Crippen LogP contribution >= 0.6 is 15.9 Å². The minimum atomic E-state index is -0.992. The number of hydrogen-bond acceptors (Lipinski definition) is 3. The number of benzene rings is 1. The summed E-state index contributed by atoms with van der Waals surface area (Å²) in [7, 11) is 2.48. The van der Waals surface area contributed by atoms with E-state index in [0.29, 0.717) is 11.5 Å². The van der Waals surface area contributed by atoms with Gasteiger partial charge in [0.2, 0.25) is 0 Å². The van der Waals surface area contributed by atoms with Crippen molar-refractivity contribution in [2.24, 2.45) is 7.05 Å². The van der Waals surface area contributed by atoms with Crippen LogP contribution in [-0.4, -0.2) is 21.1 Å². The first-order chi connectivity index (χ1) is 9.10. The van der Waals surface area contributed by atoms with Crippen molar-refractivity contribution in [2.75, 3.05) is 7.11 Å². The third-order valence-corrected chi connectivity index (χ3v) is 4.53. The van der Waals surface area contributed by atoms with E-state index in [0.717, 1.165) is 21.5 Å². The van der Waals surface area contributed by atoms with Crippen molar-refractivity contribution >= 4 is 26.7 Å². The van der Waals surface area contributed by atoms with Crippen molar-refractivity contribution in [1.82, 2.24) is 9.78 Å². The predicted octanol–water partition coefficient (Wildman–Crippen LogP) is 2.64. The van der Waals surface area contributed by atoms with Crippen molar-refractivity contribution in [2.45, 2.75) is 11.5 Å². The first kappa shape index (κ1) is 14.3. The number of halogens is 1. The topological polar surface area (TPSA) is 44.1 Å². The lowest BCUT2D eigenvalue weighted by Gasteiger charge is -2.09. The molecule has 6 heteroatoms. The van der Waals surface area contributed by atoms with E-state index in [9.17, 15) is 4.21 Å². The Kier molecular flexibility index (Phi) is 4.76. The maximum Gasteiger partial charge on any atom is 0.123 e. The van der Waals surface area contributed by atoms with E-state index >= 15 is 0 Å². The molecule has 0 radical (unpaired) electrons. The summed E-state index contributed by atoms with van der Waals surface area (Å²) in [5.41, 5.74) is 1.91. The first-order valence-electron chi connectivity index (χ1n) is 5.74. The van der Waals surface area contributed by atoms with Crippen LogP contribution in [0, 0.1) is 0 Å². The molecule has 2 aromatic rings. The van der Waals surface area contributed by atoms with Crippen LogP contribution in [0.4, 0.5) is 0 Å². The summed E-state index contributed by atoms with van der Waals surface area (Å²) in [6.07, 6.45) is 1.71. The van der Waals surface area contributed by atoms with Crippen LogP contribution in [0.25, 0.3) is 0 Å². The van der Waals surface area contributed by atoms with Gasteiger partial charge in [0.1, 0.15) is 5.75 Å². The summed E-state index contributed by atoms with van der Waals surface area (Å²) < 4.78 is 20.2. The van der Waals surface area contributed by atoms with Gasteiger partial charge in [0.05, 0.1) is 24.3 Å². The molecule has 19 heavy (non-hydrogen) atoms. The minimum absolute atomic E-state index is 0.466. The predicted molar refractivity (Wildman–Crippen MR) is 79.5 cm³/mol. The van der Waals surface area contributed by atoms with Gasteiger partial charge in [0.25, 0.3) is 0 Å². The Morgan fingerprint density at radius 2 is 2.16 bits per heavy atom. The van der Waals surface area contributed by atoms with Crippen LogP contribution in [0.15, 0.2) is 34.9 Å². The fraction of sp³-hybridized carbons (Fsp3) is 0.308. The molecule has 1 aromatic heterocycles. The van der Waals surface area contributed by atoms with Crippen molar-refractivity contribution in [1.29, 1.82) is 0 Å². The number of methoxy groups -OCH3 is 1. The molecule has 1 heterocycles. The molecule has 0 aliphatic rings. The van der Waals surface area contributed by atoms with Gasteiger partial charge in [0, 0.05) is 34.1 Å². The second kappa shape index (κ2) is 6.34. The molecule has 0 amide bonds. The number of aryl methyl sites for hydroxylation is 1. The molecule has 0 spiro atoms. The zero-order valence-corrected chi connectivity index (χ0v) is 13.2. The molecule has 1 aromatic carbocycles. The van der Waals surface area contributed by atoms with Crippen molar-refractivity contribution < 1.29 is 8.95 Å². The second-order valence-corrected chi connectivity index (χ2v) is 6.50. The number of nitrogens with zero attached hydrogens (tertiary/aromatic N) is 2. The molecule has 0 aliphatic carbocycles. The lowest BCUT2D eigenvalue weighted by Crippen LogP contribution is -2.05. The van der Waals surface area contributed by atoms with Gasteiger partial charge >= 0.3 is 0 Å². The van der Waals surface area contributed by atoms with E-state index in [4.69, 9.17) is 4.74 Å². The van der Waals surface area contributed by atoms with Crippen LogP contribution in [0.2, 0.25) is 0 Å². The third kappa shape index (κ3) is 3.67. The highest BCUT2D eigenvalue weighted by Gasteiger charge is 2.10. The van der Waals surface area contributed by atoms with Gasteiger partial charge in [-0.3, -0.25) is 8.89 Å². The van der Waals surface area contributed by atoms with E-state index in [1.54, 1.807) is 18.0 Å². The Morgan fingerprint density at radius 1 is 1.37 bits per heavy atom. The maximum atomic E-state index is 12.2. The number of aromatic nitrogens is 2. The van der Waals surface area contributed by atoms with Gasteiger partial charge < -0.3 is 4.74 Å². The number of ether oxygens (including phenoxy) is 1. The fourth-order valence-corrected chi connectivity index (χ4v) is 3.49.